The average Bonchev–Trinajstić information content (AvgIpc) is 3.18. The number of ether oxygens (including phenoxy) is 3. The fourth-order valence-electron chi connectivity index (χ4n) is 6.86. The third kappa shape index (κ3) is 8.57. The fourth-order valence-corrected chi connectivity index (χ4v) is 8.10. The van der Waals surface area contributed by atoms with E-state index in [0.29, 0.717) is 35.5 Å². The van der Waals surface area contributed by atoms with Gasteiger partial charge in [-0.05, 0) is 91.9 Å². The number of nitro groups is 1. The number of hydrogen-bond donors (Lipinski definition) is 1. The van der Waals surface area contributed by atoms with Crippen LogP contribution >= 0.6 is 11.8 Å². The Balaban J connectivity index is 1.39. The molecule has 52 heavy (non-hydrogen) atoms. The molecule has 0 bridgehead atoms. The van der Waals surface area contributed by atoms with E-state index in [4.69, 9.17) is 14.2 Å². The summed E-state index contributed by atoms with van der Waals surface area (Å²) >= 11 is 1.49. The highest BCUT2D eigenvalue weighted by Crippen LogP contribution is 2.38. The van der Waals surface area contributed by atoms with E-state index in [9.17, 15) is 24.5 Å². The third-order valence-corrected chi connectivity index (χ3v) is 10.7. The van der Waals surface area contributed by atoms with Gasteiger partial charge in [0.25, 0.3) is 5.69 Å². The molecule has 3 atom stereocenters. The van der Waals surface area contributed by atoms with Crippen molar-refractivity contribution in [1.82, 2.24) is 20.2 Å². The zero-order valence-electron chi connectivity index (χ0n) is 29.9. The lowest BCUT2D eigenvalue weighted by Gasteiger charge is -2.48. The number of benzene rings is 3. The van der Waals surface area contributed by atoms with Crippen LogP contribution in [0.1, 0.15) is 65.7 Å². The Bertz CT molecular complexity index is 1740. The Morgan fingerprint density at radius 1 is 1.02 bits per heavy atom. The van der Waals surface area contributed by atoms with Crippen LogP contribution in [0.3, 0.4) is 0 Å². The number of carbonyl (C=O) groups is 3. The number of allylic oxidation sites excluding steroid dienone is 1. The number of piperidine rings is 1. The topological polar surface area (TPSA) is 144 Å². The van der Waals surface area contributed by atoms with Crippen LogP contribution in [-0.4, -0.2) is 84.7 Å². The lowest BCUT2D eigenvalue weighted by atomic mass is 9.87. The first kappa shape index (κ1) is 38.3. The minimum absolute atomic E-state index is 0.103. The Labute approximate surface area is 308 Å². The van der Waals surface area contributed by atoms with E-state index in [0.717, 1.165) is 55.6 Å². The first-order valence-electron chi connectivity index (χ1n) is 17.1. The summed E-state index contributed by atoms with van der Waals surface area (Å²) in [5, 5.41) is 18.3. The summed E-state index contributed by atoms with van der Waals surface area (Å²) in [6.07, 6.45) is 6.37. The van der Waals surface area contributed by atoms with Gasteiger partial charge < -0.3 is 14.2 Å². The minimum Gasteiger partial charge on any atom is -0.497 e. The number of non-ortho nitro benzene ring substituents is 1. The maximum atomic E-state index is 13.6. The molecule has 3 aromatic carbocycles. The van der Waals surface area contributed by atoms with Crippen LogP contribution in [-0.2, 0) is 30.4 Å². The molecule has 13 nitrogen and oxygen atoms in total. The Morgan fingerprint density at radius 2 is 1.73 bits per heavy atom. The van der Waals surface area contributed by atoms with Crippen LogP contribution < -0.4 is 10.1 Å². The molecule has 2 aliphatic heterocycles. The molecule has 0 spiro atoms. The van der Waals surface area contributed by atoms with E-state index in [1.54, 1.807) is 42.5 Å². The van der Waals surface area contributed by atoms with Gasteiger partial charge in [0.2, 0.25) is 6.41 Å². The normalized spacial score (nSPS) is 20.4. The number of rotatable bonds is 15. The molecule has 2 heterocycles. The predicted octanol–water partition coefficient (Wildman–Crippen LogP) is 5.78. The van der Waals surface area contributed by atoms with Gasteiger partial charge in [0.1, 0.15) is 11.2 Å². The van der Waals surface area contributed by atoms with Gasteiger partial charge in [-0.25, -0.2) is 9.59 Å². The molecule has 5 rings (SSSR count). The molecule has 0 saturated carbocycles. The van der Waals surface area contributed by atoms with Crippen LogP contribution in [0.5, 0.6) is 5.75 Å². The van der Waals surface area contributed by atoms with Crippen molar-refractivity contribution in [1.29, 1.82) is 0 Å². The number of nitro benzene ring substituents is 1. The second-order valence-corrected chi connectivity index (χ2v) is 13.7. The van der Waals surface area contributed by atoms with Crippen molar-refractivity contribution in [3.05, 3.63) is 117 Å². The van der Waals surface area contributed by atoms with Crippen LogP contribution in [0.15, 0.2) is 84.6 Å². The van der Waals surface area contributed by atoms with Gasteiger partial charge >= 0.3 is 11.9 Å². The molecular weight excluding hydrogens is 687 g/mol. The van der Waals surface area contributed by atoms with Crippen LogP contribution in [0.2, 0.25) is 0 Å². The van der Waals surface area contributed by atoms with Crippen LogP contribution in [0.4, 0.5) is 5.69 Å². The molecule has 1 N–H and O–H groups in total. The number of carbonyl (C=O) groups excluding carboxylic acids is 3. The Hall–Kier alpha value is -4.92. The van der Waals surface area contributed by atoms with Gasteiger partial charge in [-0.15, -0.1) is 11.8 Å². The van der Waals surface area contributed by atoms with E-state index >= 15 is 0 Å². The molecule has 1 saturated heterocycles. The van der Waals surface area contributed by atoms with Crippen molar-refractivity contribution in [3.63, 3.8) is 0 Å². The standard InChI is InChI=1S/C38H45N5O8S/c1-27-24-38(36(46)51-4,31-15-17-32(18-16-31)43(47)48)39-37(52-25-28-9-19-33(49-2)20-10-28)42(27)41(26-44)23-7-22-40-21-6-5-8-34(40)29-11-13-30(14-12-29)35(45)50-3/h9-20,24,26,34,37,39H,5-8,21-23,25H2,1-4H3. The zero-order chi connectivity index (χ0) is 37.3. The number of methoxy groups -OCH3 is 3. The van der Waals surface area contributed by atoms with Crippen molar-refractivity contribution in [2.75, 3.05) is 41.0 Å². The zero-order valence-corrected chi connectivity index (χ0v) is 30.7. The highest BCUT2D eigenvalue weighted by molar-refractivity contribution is 7.99. The maximum Gasteiger partial charge on any atom is 0.337 e. The third-order valence-electron chi connectivity index (χ3n) is 9.53. The second kappa shape index (κ2) is 17.5. The van der Waals surface area contributed by atoms with Crippen molar-refractivity contribution < 1.29 is 33.5 Å². The predicted molar refractivity (Wildman–Crippen MR) is 197 cm³/mol. The number of amides is 1. The molecule has 2 aliphatic rings. The molecule has 14 heteroatoms. The van der Waals surface area contributed by atoms with E-state index in [-0.39, 0.29) is 17.7 Å². The molecule has 1 fully saturated rings. The molecule has 276 valence electrons. The lowest BCUT2D eigenvalue weighted by molar-refractivity contribution is -0.384. The van der Waals surface area contributed by atoms with Gasteiger partial charge in [-0.3, -0.25) is 35.1 Å². The van der Waals surface area contributed by atoms with Crippen LogP contribution in [0, 0.1) is 10.1 Å². The molecular formula is C38H45N5O8S. The molecule has 1 amide bonds. The van der Waals surface area contributed by atoms with Crippen molar-refractivity contribution >= 4 is 35.8 Å². The van der Waals surface area contributed by atoms with E-state index < -0.39 is 21.9 Å². The Kier molecular flexibility index (Phi) is 12.9. The highest BCUT2D eigenvalue weighted by atomic mass is 32.2. The SMILES string of the molecule is COC(=O)c1ccc(C2CCCCN2CCCN(C=O)N2C(C)=CC(C(=O)OC)(c3ccc([N+](=O)[O-])cc3)NC2SCc2ccc(OC)cc2)cc1. The average molecular weight is 732 g/mol. The van der Waals surface area contributed by atoms with Gasteiger partial charge in [0.05, 0.1) is 31.8 Å². The molecule has 3 unspecified atom stereocenters. The van der Waals surface area contributed by atoms with E-state index in [2.05, 4.69) is 10.2 Å². The summed E-state index contributed by atoms with van der Waals surface area (Å²) in [4.78, 5) is 51.8. The number of hydrogen-bond acceptors (Lipinski definition) is 12. The highest BCUT2D eigenvalue weighted by Gasteiger charge is 2.47. The summed E-state index contributed by atoms with van der Waals surface area (Å²) < 4.78 is 15.5. The first-order chi connectivity index (χ1) is 25.1. The largest absolute Gasteiger partial charge is 0.497 e. The van der Waals surface area contributed by atoms with Gasteiger partial charge in [-0.1, -0.05) is 30.7 Å². The van der Waals surface area contributed by atoms with Gasteiger partial charge in [0.15, 0.2) is 5.54 Å². The second-order valence-electron chi connectivity index (χ2n) is 12.7. The fraction of sp³-hybridized carbons (Fsp3) is 0.395. The molecule has 0 radical (unpaired) electrons. The van der Waals surface area contributed by atoms with Gasteiger partial charge in [-0.2, -0.15) is 0 Å². The molecule has 0 aromatic heterocycles. The van der Waals surface area contributed by atoms with E-state index in [1.165, 1.54) is 38.1 Å². The van der Waals surface area contributed by atoms with Crippen LogP contribution in [0.25, 0.3) is 0 Å². The summed E-state index contributed by atoms with van der Waals surface area (Å²) in [6.45, 7) is 3.91. The smallest absolute Gasteiger partial charge is 0.337 e. The number of nitrogens with one attached hydrogen (secondary N) is 1. The Morgan fingerprint density at radius 3 is 2.35 bits per heavy atom. The number of esters is 2. The summed E-state index contributed by atoms with van der Waals surface area (Å²) in [6, 6.07) is 21.2. The van der Waals surface area contributed by atoms with E-state index in [1.807, 2.05) is 48.3 Å². The number of nitrogens with zero attached hydrogens (tertiary/aromatic N) is 4. The lowest BCUT2D eigenvalue weighted by Crippen LogP contribution is -2.63. The van der Waals surface area contributed by atoms with Crippen molar-refractivity contribution in [2.45, 2.75) is 55.4 Å². The summed E-state index contributed by atoms with van der Waals surface area (Å²) in [5.41, 5.74) is 1.54. The summed E-state index contributed by atoms with van der Waals surface area (Å²) in [7, 11) is 4.27. The minimum atomic E-state index is -1.49. The monoisotopic (exact) mass is 731 g/mol. The first-order valence-corrected chi connectivity index (χ1v) is 18.2. The number of thioether (sulfide) groups is 1. The number of likely N-dealkylation sites (tertiary alicyclic amines) is 1. The maximum absolute atomic E-state index is 13.6. The summed E-state index contributed by atoms with van der Waals surface area (Å²) in [5.74, 6) is 0.298. The van der Waals surface area contributed by atoms with Gasteiger partial charge in [0, 0.05) is 42.7 Å². The van der Waals surface area contributed by atoms with Crippen molar-refractivity contribution in [2.24, 2.45) is 0 Å². The quantitative estimate of drug-likeness (QED) is 0.0877. The number of hydrazine groups is 1. The molecule has 0 aliphatic carbocycles. The molecule has 3 aromatic rings. The van der Waals surface area contributed by atoms with Crippen molar-refractivity contribution in [3.8, 4) is 5.75 Å².